The molecular weight excluding hydrogens is 333 g/mol. The smallest absolute Gasteiger partial charge is 0.0671 e. The standard InChI is InChI=1S/C12H5Cl5/c13-8-3-1-2-6(12(8)17)7-4-10(15)11(16)5-9(7)14/h1-5H/i1+1,2+1,3+1,4+1,5+1,6+1,7+1,8+1,9+1,10+1,11+1,12+1. The van der Waals surface area contributed by atoms with E-state index in [4.69, 9.17) is 58.0 Å². The van der Waals surface area contributed by atoms with E-state index in [0.717, 1.165) is 5.56 Å². The van der Waals surface area contributed by atoms with E-state index in [1.165, 1.54) is 0 Å². The van der Waals surface area contributed by atoms with E-state index in [-0.39, 0.29) is 0 Å². The molecule has 0 nitrogen and oxygen atoms in total. The molecule has 0 fully saturated rings. The first-order valence-electron chi connectivity index (χ1n) is 4.59. The number of benzene rings is 2. The van der Waals surface area contributed by atoms with Crippen LogP contribution in [-0.4, -0.2) is 0 Å². The zero-order valence-electron chi connectivity index (χ0n) is 8.28. The second kappa shape index (κ2) is 5.26. The van der Waals surface area contributed by atoms with Crippen LogP contribution in [0.1, 0.15) is 0 Å². The highest BCUT2D eigenvalue weighted by Gasteiger charge is 2.12. The highest BCUT2D eigenvalue weighted by molar-refractivity contribution is 6.46. The Kier molecular flexibility index (Phi) is 4.12. The minimum Gasteiger partial charge on any atom is -0.0836 e. The molecule has 2 aromatic carbocycles. The van der Waals surface area contributed by atoms with Gasteiger partial charge in [0.25, 0.3) is 0 Å². The maximum atomic E-state index is 6.13. The minimum absolute atomic E-state index is 0.401. The van der Waals surface area contributed by atoms with E-state index in [2.05, 4.69) is 0 Å². The fourth-order valence-electron chi connectivity index (χ4n) is 1.44. The molecule has 0 amide bonds. The molecule has 2 aromatic rings. The van der Waals surface area contributed by atoms with Crippen molar-refractivity contribution in [3.05, 3.63) is 55.4 Å². The van der Waals surface area contributed by atoms with Crippen molar-refractivity contribution in [3.63, 3.8) is 0 Å². The average Bonchev–Trinajstić information content (AvgIpc) is 2.28. The summed E-state index contributed by atoms with van der Waals surface area (Å²) in [5.41, 5.74) is 1.43. The summed E-state index contributed by atoms with van der Waals surface area (Å²) >= 11 is 30.0. The third kappa shape index (κ3) is 2.67. The molecule has 0 saturated heterocycles. The quantitative estimate of drug-likeness (QED) is 0.513. The van der Waals surface area contributed by atoms with E-state index in [1.54, 1.807) is 24.3 Å². The summed E-state index contributed by atoms with van der Waals surface area (Å²) in [5, 5.41) is 2.20. The van der Waals surface area contributed by atoms with Crippen molar-refractivity contribution >= 4 is 58.0 Å². The third-order valence-electron chi connectivity index (χ3n) is 2.25. The Hall–Kier alpha value is -0.110. The van der Waals surface area contributed by atoms with Crippen molar-refractivity contribution in [2.45, 2.75) is 0 Å². The van der Waals surface area contributed by atoms with Gasteiger partial charge in [-0.05, 0) is 18.2 Å². The first-order valence-corrected chi connectivity index (χ1v) is 6.48. The van der Waals surface area contributed by atoms with E-state index in [0.29, 0.717) is 30.7 Å². The first kappa shape index (κ1) is 13.3. The molecule has 0 spiro atoms. The largest absolute Gasteiger partial charge is 0.0836 e. The summed E-state index contributed by atoms with van der Waals surface area (Å²) in [6.45, 7) is 0. The molecular formula is C12H5Cl5. The average molecular weight is 338 g/mol. The Morgan fingerprint density at radius 3 is 1.94 bits per heavy atom. The lowest BCUT2D eigenvalue weighted by Gasteiger charge is -2.09. The van der Waals surface area contributed by atoms with Crippen molar-refractivity contribution in [3.8, 4) is 11.1 Å². The van der Waals surface area contributed by atoms with Crippen LogP contribution in [0.2, 0.25) is 25.1 Å². The Balaban J connectivity index is 2.69. The second-order valence-electron chi connectivity index (χ2n) is 3.35. The van der Waals surface area contributed by atoms with E-state index < -0.39 is 0 Å². The van der Waals surface area contributed by atoms with Gasteiger partial charge in [0.05, 0.1) is 25.1 Å². The van der Waals surface area contributed by atoms with Crippen LogP contribution in [0.15, 0.2) is 30.3 Å². The highest BCUT2D eigenvalue weighted by Crippen LogP contribution is 2.40. The zero-order chi connectivity index (χ0) is 12.6. The van der Waals surface area contributed by atoms with Gasteiger partial charge in [-0.2, -0.15) is 0 Å². The van der Waals surface area contributed by atoms with E-state index >= 15 is 0 Å². The molecule has 2 rings (SSSR count). The van der Waals surface area contributed by atoms with Gasteiger partial charge in [-0.1, -0.05) is 70.1 Å². The Bertz CT molecular complexity index is 577. The van der Waals surface area contributed by atoms with Crippen LogP contribution in [0.3, 0.4) is 0 Å². The van der Waals surface area contributed by atoms with E-state index in [9.17, 15) is 0 Å². The first-order chi connectivity index (χ1) is 8.00. The van der Waals surface area contributed by atoms with Crippen LogP contribution in [0.25, 0.3) is 11.1 Å². The third-order valence-corrected chi connectivity index (χ3v) is 4.11. The van der Waals surface area contributed by atoms with Crippen molar-refractivity contribution in [1.82, 2.24) is 0 Å². The van der Waals surface area contributed by atoms with Gasteiger partial charge in [-0.25, -0.2) is 0 Å². The normalized spacial score (nSPS) is 10.6. The topological polar surface area (TPSA) is 0 Å². The molecule has 0 aliphatic heterocycles. The van der Waals surface area contributed by atoms with Crippen LogP contribution in [0, 0.1) is 0 Å². The SMILES string of the molecule is Cl[13c]1[13cH][13c](Cl)[13c](-[13c]2[13cH][13cH][13cH][13c](Cl)[13c]2Cl)[13cH][13c]1Cl. The molecule has 0 aliphatic rings. The Morgan fingerprint density at radius 1 is 0.588 bits per heavy atom. The number of halogens is 5. The maximum absolute atomic E-state index is 6.13. The van der Waals surface area contributed by atoms with Gasteiger partial charge < -0.3 is 0 Å². The predicted molar refractivity (Wildman–Crippen MR) is 76.9 cm³/mol. The monoisotopic (exact) mass is 336 g/mol. The second-order valence-corrected chi connectivity index (χ2v) is 5.35. The summed E-state index contributed by atoms with van der Waals surface area (Å²) in [6.07, 6.45) is 0. The van der Waals surface area contributed by atoms with Crippen LogP contribution in [0.4, 0.5) is 0 Å². The van der Waals surface area contributed by atoms with E-state index in [1.807, 2.05) is 6.07 Å². The molecule has 0 radical (unpaired) electrons. The summed E-state index contributed by atoms with van der Waals surface area (Å²) in [4.78, 5) is 0. The van der Waals surface area contributed by atoms with Crippen molar-refractivity contribution in [2.24, 2.45) is 0 Å². The molecule has 0 saturated carbocycles. The lowest BCUT2D eigenvalue weighted by Crippen LogP contribution is -1.83. The molecule has 0 aliphatic carbocycles. The number of hydrogen-bond acceptors (Lipinski definition) is 0. The fourth-order valence-corrected chi connectivity index (χ4v) is 2.49. The number of rotatable bonds is 1. The Labute approximate surface area is 124 Å². The van der Waals surface area contributed by atoms with Crippen LogP contribution in [-0.2, 0) is 0 Å². The molecule has 0 N–H and O–H groups in total. The van der Waals surface area contributed by atoms with Crippen LogP contribution in [0.5, 0.6) is 0 Å². The molecule has 0 unspecified atom stereocenters. The summed E-state index contributed by atoms with van der Waals surface area (Å²) in [5.74, 6) is 0. The lowest BCUT2D eigenvalue weighted by atomic mass is 11.1. The van der Waals surface area contributed by atoms with Crippen molar-refractivity contribution in [2.75, 3.05) is 0 Å². The molecule has 5 heteroatoms. The van der Waals surface area contributed by atoms with Crippen LogP contribution < -0.4 is 0 Å². The van der Waals surface area contributed by atoms with Crippen molar-refractivity contribution in [1.29, 1.82) is 0 Å². The van der Waals surface area contributed by atoms with Gasteiger partial charge in [0.1, 0.15) is 0 Å². The summed E-state index contributed by atoms with van der Waals surface area (Å²) in [6, 6.07) is 8.57. The fraction of sp³-hybridized carbons (Fsp3) is 0. The highest BCUT2D eigenvalue weighted by atomic mass is 35.5. The minimum atomic E-state index is 0.401. The van der Waals surface area contributed by atoms with Gasteiger partial charge in [0.15, 0.2) is 0 Å². The molecule has 0 atom stereocenters. The molecule has 0 bridgehead atoms. The van der Waals surface area contributed by atoms with Gasteiger partial charge in [0, 0.05) is 11.1 Å². The molecule has 0 heterocycles. The van der Waals surface area contributed by atoms with Crippen molar-refractivity contribution < 1.29 is 0 Å². The van der Waals surface area contributed by atoms with Gasteiger partial charge >= 0.3 is 0 Å². The molecule has 0 aromatic heterocycles. The summed E-state index contributed by atoms with van der Waals surface area (Å²) in [7, 11) is 0. The summed E-state index contributed by atoms with van der Waals surface area (Å²) < 4.78 is 0. The zero-order valence-corrected chi connectivity index (χ0v) is 12.1. The lowest BCUT2D eigenvalue weighted by molar-refractivity contribution is 1.61. The molecule has 88 valence electrons. The van der Waals surface area contributed by atoms with Gasteiger partial charge in [0.2, 0.25) is 0 Å². The number of hydrogen-bond donors (Lipinski definition) is 0. The van der Waals surface area contributed by atoms with Gasteiger partial charge in [-0.3, -0.25) is 0 Å². The van der Waals surface area contributed by atoms with Crippen LogP contribution >= 0.6 is 58.0 Å². The predicted octanol–water partition coefficient (Wildman–Crippen LogP) is 6.62. The van der Waals surface area contributed by atoms with Gasteiger partial charge in [-0.15, -0.1) is 0 Å². The molecule has 17 heavy (non-hydrogen) atoms. The Morgan fingerprint density at radius 2 is 1.24 bits per heavy atom. The maximum Gasteiger partial charge on any atom is 0.0671 e.